The highest BCUT2D eigenvalue weighted by atomic mass is 19.1. The quantitative estimate of drug-likeness (QED) is 0.721. The van der Waals surface area contributed by atoms with Crippen molar-refractivity contribution in [3.63, 3.8) is 0 Å². The van der Waals surface area contributed by atoms with E-state index < -0.39 is 0 Å². The van der Waals surface area contributed by atoms with Gasteiger partial charge in [-0.05, 0) is 17.7 Å². The molecule has 0 fully saturated rings. The smallest absolute Gasteiger partial charge is 0.219 e. The SMILES string of the molecule is NC(=O)CCOCc1ccc(F)cc1. The highest BCUT2D eigenvalue weighted by Crippen LogP contribution is 2.04. The van der Waals surface area contributed by atoms with E-state index >= 15 is 0 Å². The Morgan fingerprint density at radius 2 is 2.00 bits per heavy atom. The summed E-state index contributed by atoms with van der Waals surface area (Å²) < 4.78 is 17.6. The maximum atomic E-state index is 12.5. The summed E-state index contributed by atoms with van der Waals surface area (Å²) in [5.41, 5.74) is 5.79. The van der Waals surface area contributed by atoms with Crippen LogP contribution in [-0.2, 0) is 16.1 Å². The number of halogens is 1. The Morgan fingerprint density at radius 3 is 2.57 bits per heavy atom. The molecule has 14 heavy (non-hydrogen) atoms. The van der Waals surface area contributed by atoms with Gasteiger partial charge in [0.15, 0.2) is 0 Å². The molecule has 0 atom stereocenters. The summed E-state index contributed by atoms with van der Waals surface area (Å²) in [6.45, 7) is 0.667. The number of rotatable bonds is 5. The molecule has 0 radical (unpaired) electrons. The predicted octanol–water partition coefficient (Wildman–Crippen LogP) is 1.22. The fourth-order valence-electron chi connectivity index (χ4n) is 0.943. The standard InChI is InChI=1S/C10H12FNO2/c11-9-3-1-8(2-4-9)7-14-6-5-10(12)13/h1-4H,5-7H2,(H2,12,13). The largest absolute Gasteiger partial charge is 0.376 e. The number of benzene rings is 1. The lowest BCUT2D eigenvalue weighted by Crippen LogP contribution is -2.13. The molecule has 0 saturated carbocycles. The number of carbonyl (C=O) groups is 1. The molecule has 1 amide bonds. The molecule has 2 N–H and O–H groups in total. The Bertz CT molecular complexity index is 297. The van der Waals surface area contributed by atoms with Gasteiger partial charge in [-0.15, -0.1) is 0 Å². The minimum atomic E-state index is -0.385. The van der Waals surface area contributed by atoms with Crippen molar-refractivity contribution >= 4 is 5.91 Å². The molecule has 0 aliphatic rings. The highest BCUT2D eigenvalue weighted by molar-refractivity contribution is 5.73. The predicted molar refractivity (Wildman–Crippen MR) is 49.9 cm³/mol. The van der Waals surface area contributed by atoms with Gasteiger partial charge in [-0.2, -0.15) is 0 Å². The average molecular weight is 197 g/mol. The molecule has 3 nitrogen and oxygen atoms in total. The minimum Gasteiger partial charge on any atom is -0.376 e. The number of carbonyl (C=O) groups excluding carboxylic acids is 1. The van der Waals surface area contributed by atoms with E-state index in [0.717, 1.165) is 5.56 Å². The highest BCUT2D eigenvalue weighted by Gasteiger charge is 1.96. The van der Waals surface area contributed by atoms with Crippen molar-refractivity contribution in [1.82, 2.24) is 0 Å². The normalized spacial score (nSPS) is 10.1. The molecule has 4 heteroatoms. The summed E-state index contributed by atoms with van der Waals surface area (Å²) in [5.74, 6) is -0.657. The fraction of sp³-hybridized carbons (Fsp3) is 0.300. The van der Waals surface area contributed by atoms with Gasteiger partial charge in [-0.1, -0.05) is 12.1 Å². The van der Waals surface area contributed by atoms with Crippen LogP contribution in [0.3, 0.4) is 0 Å². The van der Waals surface area contributed by atoms with Crippen LogP contribution in [0.5, 0.6) is 0 Å². The maximum absolute atomic E-state index is 12.5. The van der Waals surface area contributed by atoms with Crippen molar-refractivity contribution in [2.45, 2.75) is 13.0 Å². The van der Waals surface area contributed by atoms with Crippen LogP contribution in [0.4, 0.5) is 4.39 Å². The average Bonchev–Trinajstić information content (AvgIpc) is 2.15. The topological polar surface area (TPSA) is 52.3 Å². The third kappa shape index (κ3) is 4.00. The number of hydrogen-bond donors (Lipinski definition) is 1. The van der Waals surface area contributed by atoms with Crippen molar-refractivity contribution < 1.29 is 13.9 Å². The van der Waals surface area contributed by atoms with Gasteiger partial charge in [0.05, 0.1) is 13.2 Å². The third-order valence-electron chi connectivity index (χ3n) is 1.67. The zero-order valence-corrected chi connectivity index (χ0v) is 7.70. The van der Waals surface area contributed by atoms with E-state index in [1.807, 2.05) is 0 Å². The summed E-state index contributed by atoms with van der Waals surface area (Å²) in [5, 5.41) is 0. The third-order valence-corrected chi connectivity index (χ3v) is 1.67. The second-order valence-electron chi connectivity index (χ2n) is 2.90. The van der Waals surface area contributed by atoms with E-state index in [2.05, 4.69) is 0 Å². The van der Waals surface area contributed by atoms with Crippen LogP contribution in [0.25, 0.3) is 0 Å². The molecule has 0 bridgehead atoms. The monoisotopic (exact) mass is 197 g/mol. The van der Waals surface area contributed by atoms with Crippen LogP contribution in [0, 0.1) is 5.82 Å². The molecule has 0 unspecified atom stereocenters. The Hall–Kier alpha value is -1.42. The first-order valence-electron chi connectivity index (χ1n) is 4.29. The Balaban J connectivity index is 2.25. The Labute approximate surface area is 81.7 Å². The van der Waals surface area contributed by atoms with Gasteiger partial charge in [-0.3, -0.25) is 4.79 Å². The summed E-state index contributed by atoms with van der Waals surface area (Å²) >= 11 is 0. The molecule has 0 aromatic heterocycles. The molecule has 1 rings (SSSR count). The van der Waals surface area contributed by atoms with E-state index in [1.165, 1.54) is 12.1 Å². The van der Waals surface area contributed by atoms with Crippen molar-refractivity contribution in [1.29, 1.82) is 0 Å². The Morgan fingerprint density at radius 1 is 1.36 bits per heavy atom. The molecule has 0 saturated heterocycles. The lowest BCUT2D eigenvalue weighted by atomic mass is 10.2. The van der Waals surface area contributed by atoms with E-state index in [1.54, 1.807) is 12.1 Å². The fourth-order valence-corrected chi connectivity index (χ4v) is 0.943. The van der Waals surface area contributed by atoms with Crippen molar-refractivity contribution in [2.24, 2.45) is 5.73 Å². The number of nitrogens with two attached hydrogens (primary N) is 1. The van der Waals surface area contributed by atoms with E-state index in [9.17, 15) is 9.18 Å². The van der Waals surface area contributed by atoms with Crippen LogP contribution in [0.1, 0.15) is 12.0 Å². The molecule has 1 aromatic rings. The van der Waals surface area contributed by atoms with E-state index in [4.69, 9.17) is 10.5 Å². The van der Waals surface area contributed by atoms with Gasteiger partial charge in [0.25, 0.3) is 0 Å². The molecular weight excluding hydrogens is 185 g/mol. The number of primary amides is 1. The van der Waals surface area contributed by atoms with Gasteiger partial charge in [-0.25, -0.2) is 4.39 Å². The van der Waals surface area contributed by atoms with Crippen LogP contribution >= 0.6 is 0 Å². The van der Waals surface area contributed by atoms with Crippen molar-refractivity contribution in [2.75, 3.05) is 6.61 Å². The summed E-state index contributed by atoms with van der Waals surface area (Å²) in [6, 6.07) is 6.01. The zero-order chi connectivity index (χ0) is 10.4. The van der Waals surface area contributed by atoms with Crippen LogP contribution in [0.2, 0.25) is 0 Å². The first-order valence-corrected chi connectivity index (χ1v) is 4.29. The number of hydrogen-bond acceptors (Lipinski definition) is 2. The van der Waals surface area contributed by atoms with Crippen molar-refractivity contribution in [3.05, 3.63) is 35.6 Å². The van der Waals surface area contributed by atoms with Gasteiger partial charge >= 0.3 is 0 Å². The van der Waals surface area contributed by atoms with Crippen LogP contribution in [0.15, 0.2) is 24.3 Å². The van der Waals surface area contributed by atoms with E-state index in [0.29, 0.717) is 13.2 Å². The molecule has 76 valence electrons. The van der Waals surface area contributed by atoms with Gasteiger partial charge in [0.1, 0.15) is 5.82 Å². The Kier molecular flexibility index (Phi) is 4.07. The lowest BCUT2D eigenvalue weighted by Gasteiger charge is -2.02. The van der Waals surface area contributed by atoms with Crippen molar-refractivity contribution in [3.8, 4) is 0 Å². The van der Waals surface area contributed by atoms with Gasteiger partial charge in [0, 0.05) is 6.42 Å². The summed E-state index contributed by atoms with van der Waals surface area (Å²) in [7, 11) is 0. The second-order valence-corrected chi connectivity index (χ2v) is 2.90. The summed E-state index contributed by atoms with van der Waals surface area (Å²) in [6.07, 6.45) is 0.210. The molecule has 0 aliphatic heterocycles. The maximum Gasteiger partial charge on any atom is 0.219 e. The van der Waals surface area contributed by atoms with Crippen LogP contribution in [-0.4, -0.2) is 12.5 Å². The molecule has 0 heterocycles. The van der Waals surface area contributed by atoms with Gasteiger partial charge in [0.2, 0.25) is 5.91 Å². The molecule has 1 aromatic carbocycles. The minimum absolute atomic E-state index is 0.210. The lowest BCUT2D eigenvalue weighted by molar-refractivity contribution is -0.119. The first kappa shape index (κ1) is 10.7. The van der Waals surface area contributed by atoms with E-state index in [-0.39, 0.29) is 18.1 Å². The van der Waals surface area contributed by atoms with Crippen LogP contribution < -0.4 is 5.73 Å². The molecule has 0 aliphatic carbocycles. The molecular formula is C10H12FNO2. The zero-order valence-electron chi connectivity index (χ0n) is 7.70. The number of amides is 1. The van der Waals surface area contributed by atoms with Gasteiger partial charge < -0.3 is 10.5 Å². The second kappa shape index (κ2) is 5.34. The first-order chi connectivity index (χ1) is 6.68. The summed E-state index contributed by atoms with van der Waals surface area (Å²) in [4.78, 5) is 10.3. The number of ether oxygens (including phenoxy) is 1. The molecule has 0 spiro atoms.